The Kier molecular flexibility index (Phi) is 7.68. The van der Waals surface area contributed by atoms with Gasteiger partial charge in [-0.15, -0.1) is 0 Å². The number of nitrogens with zero attached hydrogens (tertiary/aromatic N) is 2. The van der Waals surface area contributed by atoms with Crippen molar-refractivity contribution in [3.63, 3.8) is 0 Å². The zero-order valence-corrected chi connectivity index (χ0v) is 21.5. The van der Waals surface area contributed by atoms with E-state index < -0.39 is 24.2 Å². The molecule has 0 bridgehead atoms. The van der Waals surface area contributed by atoms with E-state index in [4.69, 9.17) is 4.74 Å². The summed E-state index contributed by atoms with van der Waals surface area (Å²) < 4.78 is 5.43. The highest BCUT2D eigenvalue weighted by molar-refractivity contribution is 5.98. The lowest BCUT2D eigenvalue weighted by Gasteiger charge is -2.52. The van der Waals surface area contributed by atoms with Crippen molar-refractivity contribution in [2.45, 2.75) is 50.4 Å². The van der Waals surface area contributed by atoms with Crippen LogP contribution in [0.4, 0.5) is 4.79 Å². The molecule has 0 radical (unpaired) electrons. The van der Waals surface area contributed by atoms with Gasteiger partial charge in [-0.05, 0) is 42.9 Å². The van der Waals surface area contributed by atoms with Gasteiger partial charge < -0.3 is 9.64 Å². The van der Waals surface area contributed by atoms with E-state index in [0.717, 1.165) is 24.0 Å². The van der Waals surface area contributed by atoms with Gasteiger partial charge in [0, 0.05) is 0 Å². The highest BCUT2D eigenvalue weighted by Crippen LogP contribution is 2.39. The Balaban J connectivity index is 1.42. The molecule has 0 aromatic heterocycles. The van der Waals surface area contributed by atoms with Crippen LogP contribution in [0, 0.1) is 0 Å². The minimum Gasteiger partial charge on any atom is -0.447 e. The summed E-state index contributed by atoms with van der Waals surface area (Å²) in [5, 5.41) is 0. The number of cyclic esters (lactones) is 1. The number of carbonyl (C=O) groups excluding carboxylic acids is 3. The van der Waals surface area contributed by atoms with Crippen LogP contribution in [-0.4, -0.2) is 52.3 Å². The SMILES string of the molecule is CC(=O)[C@@H](CCCc1ccccc1)N1C(=O)[C@@H](N2C(=O)OC[C@@H]2c2ccccc2)[C@H]1/C=C/c1ccccc1. The van der Waals surface area contributed by atoms with Gasteiger partial charge in [0.1, 0.15) is 12.6 Å². The molecule has 2 aliphatic heterocycles. The fraction of sp³-hybridized carbons (Fsp3) is 0.281. The predicted octanol–water partition coefficient (Wildman–Crippen LogP) is 5.45. The molecule has 2 heterocycles. The highest BCUT2D eigenvalue weighted by atomic mass is 16.6. The molecule has 194 valence electrons. The van der Waals surface area contributed by atoms with Crippen molar-refractivity contribution in [1.29, 1.82) is 0 Å². The third-order valence-electron chi connectivity index (χ3n) is 7.42. The summed E-state index contributed by atoms with van der Waals surface area (Å²) in [6, 6.07) is 27.5. The van der Waals surface area contributed by atoms with E-state index in [9.17, 15) is 14.4 Å². The topological polar surface area (TPSA) is 66.9 Å². The van der Waals surface area contributed by atoms with Crippen LogP contribution in [0.3, 0.4) is 0 Å². The Morgan fingerprint density at radius 3 is 2.24 bits per heavy atom. The number of carbonyl (C=O) groups is 3. The van der Waals surface area contributed by atoms with Gasteiger partial charge in [0.25, 0.3) is 0 Å². The maximum absolute atomic E-state index is 13.8. The summed E-state index contributed by atoms with van der Waals surface area (Å²) in [6.07, 6.45) is 5.56. The standard InChI is InChI=1S/C32H32N2O4/c1-23(35)27(19-11-16-24-12-5-2-6-13-24)33-28(21-20-25-14-7-3-8-15-25)30(31(33)36)34-29(22-38-32(34)37)26-17-9-4-10-18-26/h2-10,12-15,17-18,20-21,27-30H,11,16,19,22H2,1H3/b21-20+/t27-,28-,29-,30+/m1/s1. The Bertz CT molecular complexity index is 1290. The third kappa shape index (κ3) is 5.25. The van der Waals surface area contributed by atoms with E-state index in [-0.39, 0.29) is 24.3 Å². The minimum absolute atomic E-state index is 0.0495. The quantitative estimate of drug-likeness (QED) is 0.342. The zero-order chi connectivity index (χ0) is 26.5. The number of ketones is 1. The van der Waals surface area contributed by atoms with Crippen molar-refractivity contribution in [3.8, 4) is 0 Å². The first-order chi connectivity index (χ1) is 18.5. The van der Waals surface area contributed by atoms with Crippen LogP contribution in [0.2, 0.25) is 0 Å². The average Bonchev–Trinajstić information content (AvgIpc) is 3.32. The van der Waals surface area contributed by atoms with Gasteiger partial charge in [-0.2, -0.15) is 0 Å². The van der Waals surface area contributed by atoms with E-state index >= 15 is 0 Å². The van der Waals surface area contributed by atoms with E-state index in [2.05, 4.69) is 12.1 Å². The first-order valence-corrected chi connectivity index (χ1v) is 13.1. The summed E-state index contributed by atoms with van der Waals surface area (Å²) in [5.74, 6) is -0.265. The van der Waals surface area contributed by atoms with Crippen molar-refractivity contribution in [2.75, 3.05) is 6.61 Å². The van der Waals surface area contributed by atoms with Crippen LogP contribution < -0.4 is 0 Å². The van der Waals surface area contributed by atoms with Crippen molar-refractivity contribution >= 4 is 23.9 Å². The molecule has 2 saturated heterocycles. The molecular weight excluding hydrogens is 476 g/mol. The molecule has 2 amide bonds. The fourth-order valence-corrected chi connectivity index (χ4v) is 5.49. The third-order valence-corrected chi connectivity index (χ3v) is 7.42. The van der Waals surface area contributed by atoms with Gasteiger partial charge in [-0.25, -0.2) is 4.79 Å². The van der Waals surface area contributed by atoms with Crippen LogP contribution in [0.15, 0.2) is 97.1 Å². The molecule has 0 aliphatic carbocycles. The van der Waals surface area contributed by atoms with E-state index in [1.165, 1.54) is 5.56 Å². The molecule has 5 rings (SSSR count). The minimum atomic E-state index is -0.730. The van der Waals surface area contributed by atoms with Crippen molar-refractivity contribution in [2.24, 2.45) is 0 Å². The van der Waals surface area contributed by atoms with Gasteiger partial charge in [-0.1, -0.05) is 103 Å². The van der Waals surface area contributed by atoms with E-state index in [0.29, 0.717) is 6.42 Å². The van der Waals surface area contributed by atoms with Gasteiger partial charge >= 0.3 is 6.09 Å². The first-order valence-electron chi connectivity index (χ1n) is 13.1. The number of rotatable bonds is 10. The number of β-lactam (4-membered cyclic amide) rings is 1. The molecule has 38 heavy (non-hydrogen) atoms. The van der Waals surface area contributed by atoms with Crippen LogP contribution in [-0.2, 0) is 20.7 Å². The molecule has 3 aromatic rings. The lowest BCUT2D eigenvalue weighted by molar-refractivity contribution is -0.162. The van der Waals surface area contributed by atoms with Crippen LogP contribution in [0.5, 0.6) is 0 Å². The predicted molar refractivity (Wildman–Crippen MR) is 146 cm³/mol. The molecule has 4 atom stereocenters. The number of benzene rings is 3. The molecule has 0 unspecified atom stereocenters. The number of Topliss-reactive ketones (excluding diaryl/α,β-unsaturated/α-hetero) is 1. The normalized spacial score (nSPS) is 21.9. The van der Waals surface area contributed by atoms with Gasteiger partial charge in [0.15, 0.2) is 5.78 Å². The lowest BCUT2D eigenvalue weighted by Crippen LogP contribution is -2.73. The van der Waals surface area contributed by atoms with Gasteiger partial charge in [-0.3, -0.25) is 14.5 Å². The van der Waals surface area contributed by atoms with Gasteiger partial charge in [0.05, 0.1) is 18.1 Å². The van der Waals surface area contributed by atoms with Crippen molar-refractivity contribution in [1.82, 2.24) is 9.80 Å². The molecule has 0 N–H and O–H groups in total. The number of aryl methyl sites for hydroxylation is 1. The van der Waals surface area contributed by atoms with Crippen LogP contribution in [0.25, 0.3) is 6.08 Å². The van der Waals surface area contributed by atoms with E-state index in [1.807, 2.05) is 91.0 Å². The van der Waals surface area contributed by atoms with E-state index in [1.54, 1.807) is 16.7 Å². The van der Waals surface area contributed by atoms with Crippen LogP contribution in [0.1, 0.15) is 42.5 Å². The second kappa shape index (κ2) is 11.5. The Morgan fingerprint density at radius 1 is 0.947 bits per heavy atom. The second-order valence-electron chi connectivity index (χ2n) is 9.87. The molecule has 0 saturated carbocycles. The van der Waals surface area contributed by atoms with Crippen molar-refractivity contribution in [3.05, 3.63) is 114 Å². The maximum Gasteiger partial charge on any atom is 0.411 e. The van der Waals surface area contributed by atoms with Crippen molar-refractivity contribution < 1.29 is 19.1 Å². The molecule has 2 aliphatic rings. The highest BCUT2D eigenvalue weighted by Gasteiger charge is 2.57. The monoisotopic (exact) mass is 508 g/mol. The largest absolute Gasteiger partial charge is 0.447 e. The second-order valence-corrected chi connectivity index (χ2v) is 9.87. The number of likely N-dealkylation sites (tertiary alicyclic amines) is 1. The summed E-state index contributed by atoms with van der Waals surface area (Å²) in [5.41, 5.74) is 3.10. The molecule has 6 nitrogen and oxygen atoms in total. The Hall–Kier alpha value is -4.19. The lowest BCUT2D eigenvalue weighted by atomic mass is 9.86. The number of hydrogen-bond acceptors (Lipinski definition) is 4. The molecule has 3 aromatic carbocycles. The molecule has 0 spiro atoms. The fourth-order valence-electron chi connectivity index (χ4n) is 5.49. The smallest absolute Gasteiger partial charge is 0.411 e. The Labute approximate surface area is 223 Å². The summed E-state index contributed by atoms with van der Waals surface area (Å²) in [4.78, 5) is 42.8. The summed E-state index contributed by atoms with van der Waals surface area (Å²) in [7, 11) is 0. The zero-order valence-electron chi connectivity index (χ0n) is 21.5. The number of amides is 2. The number of ether oxygens (including phenoxy) is 1. The maximum atomic E-state index is 13.8. The Morgan fingerprint density at radius 2 is 1.58 bits per heavy atom. The molecule has 6 heteroatoms. The first kappa shape index (κ1) is 25.5. The average molecular weight is 509 g/mol. The molecular formula is C32H32N2O4. The summed E-state index contributed by atoms with van der Waals surface area (Å²) >= 11 is 0. The summed E-state index contributed by atoms with van der Waals surface area (Å²) in [6.45, 7) is 1.73. The van der Waals surface area contributed by atoms with Crippen LogP contribution >= 0.6 is 0 Å². The van der Waals surface area contributed by atoms with Gasteiger partial charge in [0.2, 0.25) is 5.91 Å². The number of hydrogen-bond donors (Lipinski definition) is 0. The molecule has 2 fully saturated rings.